The van der Waals surface area contributed by atoms with E-state index in [1.165, 1.54) is 0 Å². The van der Waals surface area contributed by atoms with Gasteiger partial charge in [-0.15, -0.1) is 0 Å². The van der Waals surface area contributed by atoms with Crippen LogP contribution in [0, 0.1) is 0 Å². The summed E-state index contributed by atoms with van der Waals surface area (Å²) in [6.07, 6.45) is 3.48. The van der Waals surface area contributed by atoms with E-state index < -0.39 is 0 Å². The minimum Gasteiger partial charge on any atom is -0.490 e. The number of nitrogens with zero attached hydrogens (tertiary/aromatic N) is 1. The Morgan fingerprint density at radius 3 is 2.52 bits per heavy atom. The molecule has 6 heteroatoms. The second-order valence-electron chi connectivity index (χ2n) is 6.16. The molecule has 2 aromatic carbocycles. The first kappa shape index (κ1) is 20.2. The van der Waals surface area contributed by atoms with Crippen LogP contribution in [-0.2, 0) is 6.61 Å². The Hall–Kier alpha value is -3.54. The van der Waals surface area contributed by atoms with E-state index in [-0.39, 0.29) is 5.91 Å². The number of carbonyl (C=O) groups is 1. The molecule has 3 rings (SSSR count). The van der Waals surface area contributed by atoms with Crippen molar-refractivity contribution >= 4 is 11.6 Å². The van der Waals surface area contributed by atoms with Crippen LogP contribution in [0.5, 0.6) is 17.2 Å². The maximum Gasteiger partial charge on any atom is 0.255 e. The molecule has 1 amide bonds. The Kier molecular flexibility index (Phi) is 7.05. The number of ether oxygens (including phenoxy) is 3. The molecule has 6 nitrogen and oxygen atoms in total. The quantitative estimate of drug-likeness (QED) is 0.571. The molecule has 0 aliphatic rings. The van der Waals surface area contributed by atoms with Gasteiger partial charge >= 0.3 is 0 Å². The fourth-order valence-electron chi connectivity index (χ4n) is 2.71. The number of hydrogen-bond acceptors (Lipinski definition) is 5. The molecule has 0 unspecified atom stereocenters. The summed E-state index contributed by atoms with van der Waals surface area (Å²) in [7, 11) is 0. The molecule has 0 aliphatic heterocycles. The molecule has 3 aromatic rings. The van der Waals surface area contributed by atoms with E-state index in [1.807, 2.05) is 44.2 Å². The normalized spacial score (nSPS) is 10.3. The molecule has 29 heavy (non-hydrogen) atoms. The van der Waals surface area contributed by atoms with Crippen LogP contribution in [0.1, 0.15) is 29.8 Å². The maximum absolute atomic E-state index is 12.7. The lowest BCUT2D eigenvalue weighted by atomic mass is 10.1. The van der Waals surface area contributed by atoms with Gasteiger partial charge in [-0.2, -0.15) is 0 Å². The summed E-state index contributed by atoms with van der Waals surface area (Å²) in [4.78, 5) is 16.7. The Bertz CT molecular complexity index is 945. The highest BCUT2D eigenvalue weighted by molar-refractivity contribution is 6.04. The minimum atomic E-state index is -0.238. The van der Waals surface area contributed by atoms with Crippen molar-refractivity contribution in [3.8, 4) is 17.2 Å². The van der Waals surface area contributed by atoms with Crippen LogP contribution in [0.3, 0.4) is 0 Å². The van der Waals surface area contributed by atoms with Crippen LogP contribution in [0.2, 0.25) is 0 Å². The van der Waals surface area contributed by atoms with E-state index in [1.54, 1.807) is 36.7 Å². The molecular weight excluding hydrogens is 368 g/mol. The van der Waals surface area contributed by atoms with Crippen molar-refractivity contribution in [3.05, 3.63) is 78.1 Å². The maximum atomic E-state index is 12.7. The number of rotatable bonds is 9. The topological polar surface area (TPSA) is 69.7 Å². The molecule has 150 valence electrons. The molecule has 0 saturated heterocycles. The van der Waals surface area contributed by atoms with Crippen LogP contribution in [0.4, 0.5) is 5.69 Å². The second kappa shape index (κ2) is 10.1. The first-order valence-corrected chi connectivity index (χ1v) is 9.52. The highest BCUT2D eigenvalue weighted by atomic mass is 16.5. The third-order valence-corrected chi connectivity index (χ3v) is 4.03. The lowest BCUT2D eigenvalue weighted by Gasteiger charge is -2.13. The van der Waals surface area contributed by atoms with Crippen LogP contribution in [-0.4, -0.2) is 24.1 Å². The molecule has 0 radical (unpaired) electrons. The molecule has 1 aromatic heterocycles. The molecule has 0 fully saturated rings. The van der Waals surface area contributed by atoms with E-state index in [0.29, 0.717) is 48.3 Å². The van der Waals surface area contributed by atoms with E-state index in [4.69, 9.17) is 14.2 Å². The Labute approximate surface area is 170 Å². The lowest BCUT2D eigenvalue weighted by molar-refractivity contribution is 0.102. The average Bonchev–Trinajstić information content (AvgIpc) is 2.75. The van der Waals surface area contributed by atoms with E-state index >= 15 is 0 Å². The Morgan fingerprint density at radius 2 is 1.76 bits per heavy atom. The van der Waals surface area contributed by atoms with Crippen LogP contribution < -0.4 is 19.5 Å². The number of amides is 1. The zero-order valence-electron chi connectivity index (χ0n) is 16.6. The Morgan fingerprint density at radius 1 is 0.931 bits per heavy atom. The summed E-state index contributed by atoms with van der Waals surface area (Å²) in [5, 5.41) is 2.89. The van der Waals surface area contributed by atoms with Crippen molar-refractivity contribution in [1.29, 1.82) is 0 Å². The predicted molar refractivity (Wildman–Crippen MR) is 112 cm³/mol. The number of pyridine rings is 1. The van der Waals surface area contributed by atoms with Gasteiger partial charge in [0.1, 0.15) is 12.4 Å². The predicted octanol–water partition coefficient (Wildman–Crippen LogP) is 4.71. The highest BCUT2D eigenvalue weighted by Gasteiger charge is 2.12. The van der Waals surface area contributed by atoms with Gasteiger partial charge in [0, 0.05) is 35.3 Å². The first-order valence-electron chi connectivity index (χ1n) is 9.52. The van der Waals surface area contributed by atoms with Crippen molar-refractivity contribution in [2.45, 2.75) is 20.5 Å². The Balaban J connectivity index is 1.68. The molecule has 1 N–H and O–H groups in total. The molecule has 0 atom stereocenters. The van der Waals surface area contributed by atoms with Gasteiger partial charge in [-0.1, -0.05) is 12.1 Å². The van der Waals surface area contributed by atoms with Gasteiger partial charge in [-0.3, -0.25) is 9.78 Å². The second-order valence-corrected chi connectivity index (χ2v) is 6.16. The third kappa shape index (κ3) is 5.72. The number of aromatic nitrogens is 1. The summed E-state index contributed by atoms with van der Waals surface area (Å²) in [6.45, 7) is 5.21. The molecule has 0 saturated carbocycles. The van der Waals surface area contributed by atoms with Crippen LogP contribution >= 0.6 is 0 Å². The summed E-state index contributed by atoms with van der Waals surface area (Å²) < 4.78 is 16.9. The van der Waals surface area contributed by atoms with E-state index in [9.17, 15) is 4.79 Å². The SMILES string of the molecule is CCOc1ccc(C(=O)Nc2cccc(OCc3cccnc3)c2)cc1OCC. The molecule has 1 heterocycles. The zero-order valence-corrected chi connectivity index (χ0v) is 16.6. The van der Waals surface area contributed by atoms with Crippen molar-refractivity contribution in [2.24, 2.45) is 0 Å². The van der Waals surface area contributed by atoms with Crippen LogP contribution in [0.15, 0.2) is 67.0 Å². The molecular formula is C23H24N2O4. The summed E-state index contributed by atoms with van der Waals surface area (Å²) >= 11 is 0. The first-order chi connectivity index (χ1) is 14.2. The lowest BCUT2D eigenvalue weighted by Crippen LogP contribution is -2.12. The van der Waals surface area contributed by atoms with Gasteiger partial charge in [0.25, 0.3) is 5.91 Å². The summed E-state index contributed by atoms with van der Waals surface area (Å²) in [5.74, 6) is 1.60. The summed E-state index contributed by atoms with van der Waals surface area (Å²) in [5.41, 5.74) is 2.10. The molecule has 0 spiro atoms. The minimum absolute atomic E-state index is 0.238. The third-order valence-electron chi connectivity index (χ3n) is 4.03. The number of nitrogens with one attached hydrogen (secondary N) is 1. The van der Waals surface area contributed by atoms with Gasteiger partial charge in [0.2, 0.25) is 0 Å². The van der Waals surface area contributed by atoms with Crippen molar-refractivity contribution in [2.75, 3.05) is 18.5 Å². The molecule has 0 bridgehead atoms. The van der Waals surface area contributed by atoms with Gasteiger partial charge in [-0.05, 0) is 50.2 Å². The largest absolute Gasteiger partial charge is 0.490 e. The van der Waals surface area contributed by atoms with Crippen molar-refractivity contribution in [3.63, 3.8) is 0 Å². The molecule has 0 aliphatic carbocycles. The highest BCUT2D eigenvalue weighted by Crippen LogP contribution is 2.29. The number of benzene rings is 2. The van der Waals surface area contributed by atoms with Crippen molar-refractivity contribution < 1.29 is 19.0 Å². The standard InChI is InChI=1S/C23H24N2O4/c1-3-27-21-11-10-18(13-22(21)28-4-2)23(26)25-19-8-5-9-20(14-19)29-16-17-7-6-12-24-15-17/h5-15H,3-4,16H2,1-2H3,(H,25,26). The summed E-state index contributed by atoms with van der Waals surface area (Å²) in [6, 6.07) is 16.2. The van der Waals surface area contributed by atoms with E-state index in [0.717, 1.165) is 5.56 Å². The number of carbonyl (C=O) groups excluding carboxylic acids is 1. The fraction of sp³-hybridized carbons (Fsp3) is 0.217. The van der Waals surface area contributed by atoms with Gasteiger partial charge < -0.3 is 19.5 Å². The zero-order chi connectivity index (χ0) is 20.5. The van der Waals surface area contributed by atoms with Gasteiger partial charge in [0.05, 0.1) is 13.2 Å². The smallest absolute Gasteiger partial charge is 0.255 e. The van der Waals surface area contributed by atoms with Crippen molar-refractivity contribution in [1.82, 2.24) is 4.98 Å². The van der Waals surface area contributed by atoms with Gasteiger partial charge in [0.15, 0.2) is 11.5 Å². The van der Waals surface area contributed by atoms with Gasteiger partial charge in [-0.25, -0.2) is 0 Å². The number of hydrogen-bond donors (Lipinski definition) is 1. The average molecular weight is 392 g/mol. The van der Waals surface area contributed by atoms with Crippen LogP contribution in [0.25, 0.3) is 0 Å². The monoisotopic (exact) mass is 392 g/mol. The number of anilines is 1. The van der Waals surface area contributed by atoms with E-state index in [2.05, 4.69) is 10.3 Å². The fourth-order valence-corrected chi connectivity index (χ4v) is 2.71.